The molecule has 0 saturated heterocycles. The van der Waals surface area contributed by atoms with Gasteiger partial charge in [-0.25, -0.2) is 0 Å². The Balaban J connectivity index is 2.05. The van der Waals surface area contributed by atoms with E-state index < -0.39 is 0 Å². The summed E-state index contributed by atoms with van der Waals surface area (Å²) < 4.78 is 0. The van der Waals surface area contributed by atoms with Crippen molar-refractivity contribution in [1.82, 2.24) is 0 Å². The Hall–Kier alpha value is -0.630. The number of aliphatic hydroxyl groups is 1. The summed E-state index contributed by atoms with van der Waals surface area (Å²) in [5.41, 5.74) is 0. The second-order valence-corrected chi connectivity index (χ2v) is 4.50. The molecule has 0 radical (unpaired) electrons. The number of allylic oxidation sites excluding steroid dienone is 2. The smallest absolute Gasteiger partial charge is 0.158 e. The van der Waals surface area contributed by atoms with Crippen LogP contribution >= 0.6 is 0 Å². The van der Waals surface area contributed by atoms with Gasteiger partial charge in [0.05, 0.1) is 6.10 Å². The SMILES string of the molecule is O=C1C=CCC[C@@H]1[C@@H]1CCCC[C@H]1O. The summed E-state index contributed by atoms with van der Waals surface area (Å²) in [6.07, 6.45) is 9.58. The summed E-state index contributed by atoms with van der Waals surface area (Å²) in [5, 5.41) is 9.86. The van der Waals surface area contributed by atoms with Crippen LogP contribution in [0.15, 0.2) is 12.2 Å². The van der Waals surface area contributed by atoms with Gasteiger partial charge in [-0.05, 0) is 37.7 Å². The zero-order valence-corrected chi connectivity index (χ0v) is 8.48. The van der Waals surface area contributed by atoms with Crippen molar-refractivity contribution < 1.29 is 9.90 Å². The van der Waals surface area contributed by atoms with Gasteiger partial charge in [0, 0.05) is 5.92 Å². The van der Waals surface area contributed by atoms with E-state index >= 15 is 0 Å². The van der Waals surface area contributed by atoms with Gasteiger partial charge in [0.1, 0.15) is 0 Å². The first-order valence-corrected chi connectivity index (χ1v) is 5.67. The van der Waals surface area contributed by atoms with Gasteiger partial charge in [0.2, 0.25) is 0 Å². The predicted octanol–water partition coefficient (Wildman–Crippen LogP) is 2.07. The van der Waals surface area contributed by atoms with Crippen LogP contribution in [-0.2, 0) is 4.79 Å². The molecule has 3 atom stereocenters. The van der Waals surface area contributed by atoms with Crippen molar-refractivity contribution >= 4 is 5.78 Å². The lowest BCUT2D eigenvalue weighted by atomic mass is 9.73. The third-order valence-corrected chi connectivity index (χ3v) is 3.59. The molecular weight excluding hydrogens is 176 g/mol. The maximum absolute atomic E-state index is 11.6. The van der Waals surface area contributed by atoms with E-state index in [4.69, 9.17) is 0 Å². The third-order valence-electron chi connectivity index (χ3n) is 3.59. The summed E-state index contributed by atoms with van der Waals surface area (Å²) >= 11 is 0. The van der Waals surface area contributed by atoms with Gasteiger partial charge < -0.3 is 5.11 Å². The average Bonchev–Trinajstić information content (AvgIpc) is 2.20. The molecule has 1 saturated carbocycles. The van der Waals surface area contributed by atoms with Gasteiger partial charge in [-0.1, -0.05) is 18.9 Å². The summed E-state index contributed by atoms with van der Waals surface area (Å²) in [4.78, 5) is 11.6. The van der Waals surface area contributed by atoms with Crippen LogP contribution in [0.1, 0.15) is 38.5 Å². The van der Waals surface area contributed by atoms with E-state index in [9.17, 15) is 9.90 Å². The highest BCUT2D eigenvalue weighted by molar-refractivity contribution is 5.92. The lowest BCUT2D eigenvalue weighted by Crippen LogP contribution is -2.35. The molecule has 14 heavy (non-hydrogen) atoms. The van der Waals surface area contributed by atoms with Crippen molar-refractivity contribution in [3.8, 4) is 0 Å². The maximum atomic E-state index is 11.6. The zero-order valence-electron chi connectivity index (χ0n) is 8.48. The van der Waals surface area contributed by atoms with Crippen LogP contribution in [-0.4, -0.2) is 17.0 Å². The summed E-state index contributed by atoms with van der Waals surface area (Å²) in [7, 11) is 0. The molecule has 0 unspecified atom stereocenters. The Morgan fingerprint density at radius 2 is 2.00 bits per heavy atom. The number of aliphatic hydroxyl groups excluding tert-OH is 1. The monoisotopic (exact) mass is 194 g/mol. The van der Waals surface area contributed by atoms with Gasteiger partial charge in [-0.15, -0.1) is 0 Å². The Morgan fingerprint density at radius 1 is 1.21 bits per heavy atom. The molecule has 0 bridgehead atoms. The highest BCUT2D eigenvalue weighted by Gasteiger charge is 2.34. The summed E-state index contributed by atoms with van der Waals surface area (Å²) in [5.74, 6) is 0.582. The molecule has 0 spiro atoms. The van der Waals surface area contributed by atoms with E-state index in [2.05, 4.69) is 0 Å². The molecule has 0 aromatic carbocycles. The van der Waals surface area contributed by atoms with Crippen molar-refractivity contribution in [2.75, 3.05) is 0 Å². The molecule has 0 aliphatic heterocycles. The van der Waals surface area contributed by atoms with Gasteiger partial charge >= 0.3 is 0 Å². The molecule has 2 aliphatic rings. The number of ketones is 1. The van der Waals surface area contributed by atoms with Crippen LogP contribution in [0.2, 0.25) is 0 Å². The van der Waals surface area contributed by atoms with Gasteiger partial charge in [-0.3, -0.25) is 4.79 Å². The highest BCUT2D eigenvalue weighted by atomic mass is 16.3. The highest BCUT2D eigenvalue weighted by Crippen LogP contribution is 2.34. The topological polar surface area (TPSA) is 37.3 Å². The quantitative estimate of drug-likeness (QED) is 0.694. The molecule has 2 rings (SSSR count). The standard InChI is InChI=1S/C12H18O2/c13-11-7-3-1-5-9(11)10-6-2-4-8-12(10)14/h3,7,9-10,12,14H,1-2,4-6,8H2/t9-,10+,12-/m1/s1. The molecule has 1 N–H and O–H groups in total. The van der Waals surface area contributed by atoms with Crippen LogP contribution < -0.4 is 0 Å². The van der Waals surface area contributed by atoms with E-state index in [1.807, 2.05) is 6.08 Å². The number of rotatable bonds is 1. The lowest BCUT2D eigenvalue weighted by Gasteiger charge is -2.34. The van der Waals surface area contributed by atoms with Crippen LogP contribution in [0.5, 0.6) is 0 Å². The Bertz CT molecular complexity index is 245. The Kier molecular flexibility index (Phi) is 3.02. The normalized spacial score (nSPS) is 38.6. The molecule has 0 aromatic heterocycles. The average molecular weight is 194 g/mol. The first-order valence-electron chi connectivity index (χ1n) is 5.67. The van der Waals surface area contributed by atoms with Crippen molar-refractivity contribution in [1.29, 1.82) is 0 Å². The molecule has 0 heterocycles. The fourth-order valence-corrected chi connectivity index (χ4v) is 2.78. The number of hydrogen-bond donors (Lipinski definition) is 1. The molecule has 2 nitrogen and oxygen atoms in total. The van der Waals surface area contributed by atoms with Crippen molar-refractivity contribution in [2.24, 2.45) is 11.8 Å². The largest absolute Gasteiger partial charge is 0.393 e. The number of hydrogen-bond acceptors (Lipinski definition) is 2. The number of carbonyl (C=O) groups excluding carboxylic acids is 1. The summed E-state index contributed by atoms with van der Waals surface area (Å²) in [6.45, 7) is 0. The van der Waals surface area contributed by atoms with E-state index in [1.54, 1.807) is 6.08 Å². The van der Waals surface area contributed by atoms with Gasteiger partial charge in [0.15, 0.2) is 5.78 Å². The first kappa shape index (κ1) is 9.91. The van der Waals surface area contributed by atoms with Crippen molar-refractivity contribution in [2.45, 2.75) is 44.6 Å². The predicted molar refractivity (Wildman–Crippen MR) is 54.8 cm³/mol. The molecule has 2 aliphatic carbocycles. The second-order valence-electron chi connectivity index (χ2n) is 4.50. The first-order chi connectivity index (χ1) is 6.79. The van der Waals surface area contributed by atoms with Crippen molar-refractivity contribution in [3.63, 3.8) is 0 Å². The van der Waals surface area contributed by atoms with E-state index in [1.165, 1.54) is 6.42 Å². The fourth-order valence-electron chi connectivity index (χ4n) is 2.78. The Labute approximate surface area is 85.0 Å². The number of carbonyl (C=O) groups is 1. The third kappa shape index (κ3) is 1.90. The zero-order chi connectivity index (χ0) is 9.97. The molecule has 2 heteroatoms. The van der Waals surface area contributed by atoms with Crippen molar-refractivity contribution in [3.05, 3.63) is 12.2 Å². The minimum atomic E-state index is -0.232. The second kappa shape index (κ2) is 4.26. The summed E-state index contributed by atoms with van der Waals surface area (Å²) in [6, 6.07) is 0. The molecular formula is C12H18O2. The lowest BCUT2D eigenvalue weighted by molar-refractivity contribution is -0.123. The molecule has 78 valence electrons. The Morgan fingerprint density at radius 3 is 2.71 bits per heavy atom. The van der Waals surface area contributed by atoms with Gasteiger partial charge in [-0.2, -0.15) is 0 Å². The van der Waals surface area contributed by atoms with E-state index in [0.717, 1.165) is 32.1 Å². The van der Waals surface area contributed by atoms with Gasteiger partial charge in [0.25, 0.3) is 0 Å². The molecule has 1 fully saturated rings. The minimum absolute atomic E-state index is 0.107. The molecule has 0 amide bonds. The van der Waals surface area contributed by atoms with Crippen LogP contribution in [0.3, 0.4) is 0 Å². The molecule has 0 aromatic rings. The minimum Gasteiger partial charge on any atom is -0.393 e. The van der Waals surface area contributed by atoms with E-state index in [0.29, 0.717) is 0 Å². The maximum Gasteiger partial charge on any atom is 0.158 e. The fraction of sp³-hybridized carbons (Fsp3) is 0.750. The van der Waals surface area contributed by atoms with Crippen LogP contribution in [0.25, 0.3) is 0 Å². The van der Waals surface area contributed by atoms with Crippen LogP contribution in [0.4, 0.5) is 0 Å². The van der Waals surface area contributed by atoms with E-state index in [-0.39, 0.29) is 23.7 Å². The van der Waals surface area contributed by atoms with Crippen LogP contribution in [0, 0.1) is 11.8 Å².